The third kappa shape index (κ3) is 1.49. The number of hydrogen-bond donors (Lipinski definition) is 1. The average molecular weight is 150 g/mol. The van der Waals surface area contributed by atoms with Crippen LogP contribution >= 0.6 is 12.6 Å². The van der Waals surface area contributed by atoms with E-state index >= 15 is 0 Å². The van der Waals surface area contributed by atoms with Gasteiger partial charge in [-0.1, -0.05) is 6.07 Å². The third-order valence-electron chi connectivity index (χ3n) is 1.12. The molecule has 1 aromatic heterocycles. The van der Waals surface area contributed by atoms with Crippen molar-refractivity contribution in [1.29, 1.82) is 5.26 Å². The Morgan fingerprint density at radius 2 is 2.40 bits per heavy atom. The lowest BCUT2D eigenvalue weighted by atomic mass is 10.3. The largest absolute Gasteiger partial charge is 0.245 e. The summed E-state index contributed by atoms with van der Waals surface area (Å²) in [4.78, 5) is 3.86. The van der Waals surface area contributed by atoms with E-state index in [1.807, 2.05) is 12.1 Å². The van der Waals surface area contributed by atoms with Gasteiger partial charge in [0.15, 0.2) is 0 Å². The third-order valence-corrected chi connectivity index (χ3v) is 1.49. The summed E-state index contributed by atoms with van der Waals surface area (Å²) in [6.07, 6.45) is 1.66. The molecule has 10 heavy (non-hydrogen) atoms. The van der Waals surface area contributed by atoms with Crippen LogP contribution in [0.1, 0.15) is 11.3 Å². The molecule has 0 bridgehead atoms. The van der Waals surface area contributed by atoms with Crippen LogP contribution in [0.3, 0.4) is 0 Å². The van der Waals surface area contributed by atoms with Crippen molar-refractivity contribution >= 4 is 12.6 Å². The number of aromatic nitrogens is 1. The van der Waals surface area contributed by atoms with Crippen molar-refractivity contribution < 1.29 is 0 Å². The van der Waals surface area contributed by atoms with E-state index in [2.05, 4.69) is 17.6 Å². The van der Waals surface area contributed by atoms with E-state index in [0.29, 0.717) is 11.4 Å². The van der Waals surface area contributed by atoms with E-state index < -0.39 is 0 Å². The number of nitrogens with zero attached hydrogens (tertiary/aromatic N) is 2. The van der Waals surface area contributed by atoms with Gasteiger partial charge in [0.2, 0.25) is 0 Å². The Morgan fingerprint density at radius 3 is 2.80 bits per heavy atom. The Bertz CT molecular complexity index is 247. The summed E-state index contributed by atoms with van der Waals surface area (Å²) in [7, 11) is 0. The summed E-state index contributed by atoms with van der Waals surface area (Å²) in [5.41, 5.74) is 1.48. The lowest BCUT2D eigenvalue weighted by Crippen LogP contribution is -1.83. The molecule has 2 nitrogen and oxygen atoms in total. The molecule has 0 fully saturated rings. The van der Waals surface area contributed by atoms with Crippen LogP contribution in [0.15, 0.2) is 18.3 Å². The molecule has 1 aromatic rings. The van der Waals surface area contributed by atoms with Crippen molar-refractivity contribution in [2.45, 2.75) is 5.75 Å². The van der Waals surface area contributed by atoms with Gasteiger partial charge in [0.1, 0.15) is 11.8 Å². The summed E-state index contributed by atoms with van der Waals surface area (Å²) < 4.78 is 0. The predicted molar refractivity (Wildman–Crippen MR) is 41.6 cm³/mol. The van der Waals surface area contributed by atoms with Crippen molar-refractivity contribution in [3.8, 4) is 6.07 Å². The summed E-state index contributed by atoms with van der Waals surface area (Å²) in [6, 6.07) is 5.47. The molecule has 0 radical (unpaired) electrons. The number of rotatable bonds is 1. The van der Waals surface area contributed by atoms with Gasteiger partial charge in [0.05, 0.1) is 0 Å². The predicted octanol–water partition coefficient (Wildman–Crippen LogP) is 1.38. The molecule has 0 atom stereocenters. The maximum atomic E-state index is 8.37. The minimum absolute atomic E-state index is 0.450. The monoisotopic (exact) mass is 150 g/mol. The van der Waals surface area contributed by atoms with Crippen LogP contribution in [0, 0.1) is 11.3 Å². The fraction of sp³-hybridized carbons (Fsp3) is 0.143. The Kier molecular flexibility index (Phi) is 2.30. The first-order valence-corrected chi connectivity index (χ1v) is 3.46. The summed E-state index contributed by atoms with van der Waals surface area (Å²) in [5, 5.41) is 8.37. The van der Waals surface area contributed by atoms with Crippen LogP contribution in [0.2, 0.25) is 0 Å². The van der Waals surface area contributed by atoms with E-state index in [0.717, 1.165) is 5.56 Å². The second kappa shape index (κ2) is 3.23. The Balaban J connectivity index is 2.93. The maximum absolute atomic E-state index is 8.37. The molecule has 1 rings (SSSR count). The van der Waals surface area contributed by atoms with Crippen molar-refractivity contribution in [3.05, 3.63) is 29.6 Å². The topological polar surface area (TPSA) is 36.7 Å². The highest BCUT2D eigenvalue weighted by Gasteiger charge is 1.90. The molecule has 0 spiro atoms. The fourth-order valence-corrected chi connectivity index (χ4v) is 0.771. The van der Waals surface area contributed by atoms with E-state index in [1.165, 1.54) is 0 Å². The zero-order valence-electron chi connectivity index (χ0n) is 5.28. The number of pyridine rings is 1. The molecule has 0 saturated heterocycles. The molecule has 0 saturated carbocycles. The smallest absolute Gasteiger partial charge is 0.140 e. The van der Waals surface area contributed by atoms with E-state index in [4.69, 9.17) is 5.26 Å². The number of hydrogen-bond acceptors (Lipinski definition) is 3. The second-order valence-electron chi connectivity index (χ2n) is 1.82. The van der Waals surface area contributed by atoms with Gasteiger partial charge in [-0.25, -0.2) is 4.98 Å². The Labute approximate surface area is 64.9 Å². The first-order chi connectivity index (χ1) is 4.86. The molecule has 0 aliphatic carbocycles. The molecule has 0 aliphatic heterocycles. The lowest BCUT2D eigenvalue weighted by molar-refractivity contribution is 1.21. The SMILES string of the molecule is N#Cc1ccc(CS)cn1. The molecule has 50 valence electrons. The maximum Gasteiger partial charge on any atom is 0.140 e. The van der Waals surface area contributed by atoms with E-state index in [9.17, 15) is 0 Å². The van der Waals surface area contributed by atoms with Crippen molar-refractivity contribution in [1.82, 2.24) is 4.98 Å². The second-order valence-corrected chi connectivity index (χ2v) is 2.14. The zero-order chi connectivity index (χ0) is 7.40. The normalized spacial score (nSPS) is 8.80. The van der Waals surface area contributed by atoms with Gasteiger partial charge in [0, 0.05) is 11.9 Å². The van der Waals surface area contributed by atoms with Gasteiger partial charge < -0.3 is 0 Å². The highest BCUT2D eigenvalue weighted by molar-refractivity contribution is 7.79. The Morgan fingerprint density at radius 1 is 1.60 bits per heavy atom. The van der Waals surface area contributed by atoms with Crippen molar-refractivity contribution in [2.24, 2.45) is 0 Å². The van der Waals surface area contributed by atoms with Crippen LogP contribution in [-0.4, -0.2) is 4.98 Å². The van der Waals surface area contributed by atoms with Gasteiger partial charge in [-0.15, -0.1) is 0 Å². The lowest BCUT2D eigenvalue weighted by Gasteiger charge is -1.91. The molecule has 1 heterocycles. The highest BCUT2D eigenvalue weighted by atomic mass is 32.1. The number of thiol groups is 1. The van der Waals surface area contributed by atoms with Gasteiger partial charge in [-0.2, -0.15) is 17.9 Å². The van der Waals surface area contributed by atoms with E-state index in [1.54, 1.807) is 12.3 Å². The average Bonchev–Trinajstić information content (AvgIpc) is 2.05. The molecule has 0 N–H and O–H groups in total. The van der Waals surface area contributed by atoms with Crippen LogP contribution in [-0.2, 0) is 5.75 Å². The molecule has 0 amide bonds. The minimum atomic E-state index is 0.450. The van der Waals surface area contributed by atoms with Gasteiger partial charge in [-0.3, -0.25) is 0 Å². The minimum Gasteiger partial charge on any atom is -0.245 e. The molecular formula is C7H6N2S. The van der Waals surface area contributed by atoms with Gasteiger partial charge in [-0.05, 0) is 11.6 Å². The quantitative estimate of drug-likeness (QED) is 0.614. The summed E-state index contributed by atoms with van der Waals surface area (Å²) in [5.74, 6) is 0.665. The van der Waals surface area contributed by atoms with Crippen LogP contribution in [0.5, 0.6) is 0 Å². The van der Waals surface area contributed by atoms with Gasteiger partial charge in [0.25, 0.3) is 0 Å². The van der Waals surface area contributed by atoms with Crippen molar-refractivity contribution in [2.75, 3.05) is 0 Å². The standard InChI is InChI=1S/C7H6N2S/c8-3-7-2-1-6(5-10)4-9-7/h1-2,4,10H,5H2. The summed E-state index contributed by atoms with van der Waals surface area (Å²) in [6.45, 7) is 0. The van der Waals surface area contributed by atoms with E-state index in [-0.39, 0.29) is 0 Å². The zero-order valence-corrected chi connectivity index (χ0v) is 6.18. The summed E-state index contributed by atoms with van der Waals surface area (Å²) >= 11 is 4.05. The molecule has 3 heteroatoms. The number of nitriles is 1. The first kappa shape index (κ1) is 7.10. The molecule has 0 aliphatic rings. The van der Waals surface area contributed by atoms with Crippen LogP contribution < -0.4 is 0 Å². The molecule has 0 unspecified atom stereocenters. The molecular weight excluding hydrogens is 144 g/mol. The van der Waals surface area contributed by atoms with Crippen LogP contribution in [0.4, 0.5) is 0 Å². The first-order valence-electron chi connectivity index (χ1n) is 2.82. The van der Waals surface area contributed by atoms with Gasteiger partial charge >= 0.3 is 0 Å². The highest BCUT2D eigenvalue weighted by Crippen LogP contribution is 2.01. The van der Waals surface area contributed by atoms with Crippen molar-refractivity contribution in [3.63, 3.8) is 0 Å². The van der Waals surface area contributed by atoms with Crippen LogP contribution in [0.25, 0.3) is 0 Å². The Hall–Kier alpha value is -1.01. The fourth-order valence-electron chi connectivity index (χ4n) is 0.584. The molecule has 0 aromatic carbocycles.